The van der Waals surface area contributed by atoms with Crippen LogP contribution in [0.5, 0.6) is 0 Å². The van der Waals surface area contributed by atoms with Gasteiger partial charge in [0.05, 0.1) is 11.6 Å². The molecule has 0 bridgehead atoms. The summed E-state index contributed by atoms with van der Waals surface area (Å²) < 4.78 is 0. The fraction of sp³-hybridized carbons (Fsp3) is 0.364. The van der Waals surface area contributed by atoms with Gasteiger partial charge in [0.25, 0.3) is 5.91 Å². The van der Waals surface area contributed by atoms with Crippen molar-refractivity contribution in [1.82, 2.24) is 15.3 Å². The molecule has 0 saturated carbocycles. The largest absolute Gasteiger partial charge is 0.382 e. The fourth-order valence-corrected chi connectivity index (χ4v) is 2.97. The number of nitrogens with two attached hydrogens (primary N) is 1. The van der Waals surface area contributed by atoms with Gasteiger partial charge in [-0.25, -0.2) is 9.97 Å². The number of thiazole rings is 2. The van der Waals surface area contributed by atoms with Gasteiger partial charge in [0.1, 0.15) is 10.7 Å². The molecule has 2 aromatic heterocycles. The van der Waals surface area contributed by atoms with Gasteiger partial charge in [-0.05, 0) is 6.92 Å². The molecule has 8 heteroatoms. The van der Waals surface area contributed by atoms with Crippen LogP contribution < -0.4 is 16.0 Å². The molecule has 0 aliphatic rings. The molecule has 19 heavy (non-hydrogen) atoms. The lowest BCUT2D eigenvalue weighted by Crippen LogP contribution is -2.22. The molecule has 0 fully saturated rings. The SMILES string of the molecule is Cc1ncc(CNC(=O)c2sc(N(C)C)nc2N)s1. The van der Waals surface area contributed by atoms with Gasteiger partial charge >= 0.3 is 0 Å². The van der Waals surface area contributed by atoms with Gasteiger partial charge in [-0.3, -0.25) is 4.79 Å². The van der Waals surface area contributed by atoms with Gasteiger partial charge in [-0.2, -0.15) is 0 Å². The van der Waals surface area contributed by atoms with E-state index < -0.39 is 0 Å². The first-order chi connectivity index (χ1) is 8.97. The van der Waals surface area contributed by atoms with Crippen LogP contribution in [0.4, 0.5) is 10.9 Å². The third-order valence-electron chi connectivity index (χ3n) is 2.32. The van der Waals surface area contributed by atoms with E-state index in [9.17, 15) is 4.79 Å². The van der Waals surface area contributed by atoms with Crippen LogP contribution in [-0.2, 0) is 6.54 Å². The average Bonchev–Trinajstić information content (AvgIpc) is 2.92. The molecule has 102 valence electrons. The number of aryl methyl sites for hydroxylation is 1. The summed E-state index contributed by atoms with van der Waals surface area (Å²) in [7, 11) is 3.72. The molecule has 2 aromatic rings. The standard InChI is InChI=1S/C11H15N5OS2/c1-6-13-4-7(18-6)5-14-10(17)8-9(12)15-11(19-8)16(2)3/h4H,5,12H2,1-3H3,(H,14,17). The minimum absolute atomic E-state index is 0.200. The summed E-state index contributed by atoms with van der Waals surface area (Å²) in [6.45, 7) is 2.39. The molecule has 0 atom stereocenters. The highest BCUT2D eigenvalue weighted by Crippen LogP contribution is 2.26. The molecule has 2 heterocycles. The van der Waals surface area contributed by atoms with E-state index in [1.165, 1.54) is 11.3 Å². The Morgan fingerprint density at radius 2 is 2.21 bits per heavy atom. The number of amides is 1. The smallest absolute Gasteiger partial charge is 0.265 e. The van der Waals surface area contributed by atoms with Crippen molar-refractivity contribution in [3.63, 3.8) is 0 Å². The molecule has 6 nitrogen and oxygen atoms in total. The summed E-state index contributed by atoms with van der Waals surface area (Å²) in [5.74, 6) is 0.0702. The quantitative estimate of drug-likeness (QED) is 0.893. The number of carbonyl (C=O) groups is 1. The minimum atomic E-state index is -0.200. The van der Waals surface area contributed by atoms with Crippen LogP contribution in [0.2, 0.25) is 0 Å². The Hall–Kier alpha value is -1.67. The fourth-order valence-electron chi connectivity index (χ4n) is 1.41. The molecule has 3 N–H and O–H groups in total. The molecule has 0 saturated heterocycles. The maximum absolute atomic E-state index is 12.0. The topological polar surface area (TPSA) is 84.1 Å². The second-order valence-electron chi connectivity index (χ2n) is 4.13. The van der Waals surface area contributed by atoms with Crippen molar-refractivity contribution in [1.29, 1.82) is 0 Å². The van der Waals surface area contributed by atoms with Crippen LogP contribution in [0, 0.1) is 6.92 Å². The van der Waals surface area contributed by atoms with Gasteiger partial charge < -0.3 is 16.0 Å². The maximum atomic E-state index is 12.0. The lowest BCUT2D eigenvalue weighted by molar-refractivity contribution is 0.0956. The highest BCUT2D eigenvalue weighted by Gasteiger charge is 2.17. The molecular weight excluding hydrogens is 282 g/mol. The van der Waals surface area contributed by atoms with Gasteiger partial charge in [-0.1, -0.05) is 11.3 Å². The molecule has 0 unspecified atom stereocenters. The average molecular weight is 297 g/mol. The van der Waals surface area contributed by atoms with Crippen LogP contribution >= 0.6 is 22.7 Å². The predicted octanol–water partition coefficient (Wildman–Crippen LogP) is 1.49. The van der Waals surface area contributed by atoms with E-state index in [0.29, 0.717) is 11.4 Å². The molecular formula is C11H15N5OS2. The molecule has 1 amide bonds. The molecule has 0 aliphatic carbocycles. The Kier molecular flexibility index (Phi) is 4.01. The third-order valence-corrected chi connectivity index (χ3v) is 4.47. The number of hydrogen-bond acceptors (Lipinski definition) is 7. The van der Waals surface area contributed by atoms with Crippen LogP contribution in [-0.4, -0.2) is 30.0 Å². The number of aromatic nitrogens is 2. The van der Waals surface area contributed by atoms with Crippen molar-refractivity contribution in [2.24, 2.45) is 0 Å². The second kappa shape index (κ2) is 5.54. The Labute approximate surface area is 119 Å². The van der Waals surface area contributed by atoms with Crippen LogP contribution in [0.15, 0.2) is 6.20 Å². The van der Waals surface area contributed by atoms with Crippen molar-refractivity contribution >= 4 is 39.5 Å². The van der Waals surface area contributed by atoms with Crippen LogP contribution in [0.3, 0.4) is 0 Å². The maximum Gasteiger partial charge on any atom is 0.265 e. The van der Waals surface area contributed by atoms with E-state index in [1.807, 2.05) is 25.9 Å². The van der Waals surface area contributed by atoms with E-state index in [4.69, 9.17) is 5.73 Å². The lowest BCUT2D eigenvalue weighted by Gasteiger charge is -2.05. The van der Waals surface area contributed by atoms with Gasteiger partial charge in [0.2, 0.25) is 0 Å². The van der Waals surface area contributed by atoms with E-state index in [1.54, 1.807) is 17.5 Å². The van der Waals surface area contributed by atoms with E-state index in [0.717, 1.165) is 15.0 Å². The number of carbonyl (C=O) groups excluding carboxylic acids is 1. The summed E-state index contributed by atoms with van der Waals surface area (Å²) >= 11 is 2.84. The minimum Gasteiger partial charge on any atom is -0.382 e. The lowest BCUT2D eigenvalue weighted by atomic mass is 10.4. The number of nitrogen functional groups attached to an aromatic ring is 1. The van der Waals surface area contributed by atoms with Crippen LogP contribution in [0.1, 0.15) is 19.6 Å². The first-order valence-electron chi connectivity index (χ1n) is 5.60. The van der Waals surface area contributed by atoms with Crippen molar-refractivity contribution in [2.45, 2.75) is 13.5 Å². The second-order valence-corrected chi connectivity index (χ2v) is 6.43. The van der Waals surface area contributed by atoms with E-state index in [2.05, 4.69) is 15.3 Å². The van der Waals surface area contributed by atoms with E-state index >= 15 is 0 Å². The number of anilines is 2. The van der Waals surface area contributed by atoms with Gasteiger partial charge in [0.15, 0.2) is 5.13 Å². The summed E-state index contributed by atoms with van der Waals surface area (Å²) in [4.78, 5) is 23.6. The van der Waals surface area contributed by atoms with Gasteiger partial charge in [0, 0.05) is 25.2 Å². The Morgan fingerprint density at radius 3 is 2.74 bits per heavy atom. The summed E-state index contributed by atoms with van der Waals surface area (Å²) in [6, 6.07) is 0. The summed E-state index contributed by atoms with van der Waals surface area (Å²) in [6.07, 6.45) is 1.77. The normalized spacial score (nSPS) is 10.5. The highest BCUT2D eigenvalue weighted by atomic mass is 32.1. The number of hydrogen-bond donors (Lipinski definition) is 2. The molecule has 0 spiro atoms. The van der Waals surface area contributed by atoms with Crippen molar-refractivity contribution in [3.05, 3.63) is 21.0 Å². The number of nitrogens with one attached hydrogen (secondary N) is 1. The Morgan fingerprint density at radius 1 is 1.47 bits per heavy atom. The zero-order valence-electron chi connectivity index (χ0n) is 10.9. The van der Waals surface area contributed by atoms with Crippen LogP contribution in [0.25, 0.3) is 0 Å². The molecule has 0 aromatic carbocycles. The first kappa shape index (κ1) is 13.8. The summed E-state index contributed by atoms with van der Waals surface area (Å²) in [5.41, 5.74) is 5.76. The predicted molar refractivity (Wildman–Crippen MR) is 78.9 cm³/mol. The van der Waals surface area contributed by atoms with Crippen molar-refractivity contribution < 1.29 is 4.79 Å². The zero-order valence-corrected chi connectivity index (χ0v) is 12.6. The van der Waals surface area contributed by atoms with Crippen molar-refractivity contribution in [3.8, 4) is 0 Å². The zero-order chi connectivity index (χ0) is 14.0. The number of rotatable bonds is 4. The third kappa shape index (κ3) is 3.21. The van der Waals surface area contributed by atoms with E-state index in [-0.39, 0.29) is 11.7 Å². The molecule has 2 rings (SSSR count). The Balaban J connectivity index is 2.03. The molecule has 0 radical (unpaired) electrons. The summed E-state index contributed by atoms with van der Waals surface area (Å²) in [5, 5.41) is 4.53. The highest BCUT2D eigenvalue weighted by molar-refractivity contribution is 7.18. The van der Waals surface area contributed by atoms with Gasteiger partial charge in [-0.15, -0.1) is 11.3 Å². The number of nitrogens with zero attached hydrogens (tertiary/aromatic N) is 3. The molecule has 0 aliphatic heterocycles. The first-order valence-corrected chi connectivity index (χ1v) is 7.24. The Bertz CT molecular complexity index is 590. The van der Waals surface area contributed by atoms with Crippen molar-refractivity contribution in [2.75, 3.05) is 24.7 Å². The monoisotopic (exact) mass is 297 g/mol.